The quantitative estimate of drug-likeness (QED) is 0.393. The van der Waals surface area contributed by atoms with Crippen LogP contribution >= 0.6 is 0 Å². The van der Waals surface area contributed by atoms with Crippen molar-refractivity contribution in [3.8, 4) is 0 Å². The maximum atomic E-state index is 11.4. The predicted molar refractivity (Wildman–Crippen MR) is 111 cm³/mol. The Balaban J connectivity index is 1.62. The zero-order valence-corrected chi connectivity index (χ0v) is 16.3. The maximum absolute atomic E-state index is 11.4. The fourth-order valence-electron chi connectivity index (χ4n) is 3.77. The van der Waals surface area contributed by atoms with Crippen molar-refractivity contribution in [2.45, 2.75) is 64.7 Å². The van der Waals surface area contributed by atoms with E-state index in [0.29, 0.717) is 18.3 Å². The first kappa shape index (κ1) is 20.5. The molecule has 0 bridgehead atoms. The van der Waals surface area contributed by atoms with E-state index in [9.17, 15) is 4.79 Å². The zero-order chi connectivity index (χ0) is 18.5. The first-order valence-corrected chi connectivity index (χ1v) is 10.4. The molecule has 2 heteroatoms. The van der Waals surface area contributed by atoms with Gasteiger partial charge < -0.3 is 5.32 Å². The highest BCUT2D eigenvalue weighted by Crippen LogP contribution is 2.34. The van der Waals surface area contributed by atoms with Crippen molar-refractivity contribution < 1.29 is 4.79 Å². The average Bonchev–Trinajstić information content (AvgIpc) is 3.09. The monoisotopic (exact) mass is 353 g/mol. The third-order valence-electron chi connectivity index (χ3n) is 5.22. The zero-order valence-electron chi connectivity index (χ0n) is 16.3. The van der Waals surface area contributed by atoms with Crippen LogP contribution in [0.3, 0.4) is 0 Å². The van der Waals surface area contributed by atoms with E-state index in [1.165, 1.54) is 44.1 Å². The summed E-state index contributed by atoms with van der Waals surface area (Å²) in [5.41, 5.74) is 1.44. The lowest BCUT2D eigenvalue weighted by Gasteiger charge is -2.11. The Labute approximate surface area is 159 Å². The van der Waals surface area contributed by atoms with Gasteiger partial charge >= 0.3 is 0 Å². The van der Waals surface area contributed by atoms with Crippen molar-refractivity contribution in [3.05, 3.63) is 60.2 Å². The van der Waals surface area contributed by atoms with E-state index < -0.39 is 0 Å². The Hall–Kier alpha value is -1.83. The lowest BCUT2D eigenvalue weighted by atomic mass is 9.94. The first-order valence-electron chi connectivity index (χ1n) is 10.4. The SMILES string of the molecule is CCNC(=O)CCC/C=C\C1CCCC1/C=C/CCCc1ccccc1. The Morgan fingerprint density at radius 1 is 1.04 bits per heavy atom. The second-order valence-electron chi connectivity index (χ2n) is 7.34. The highest BCUT2D eigenvalue weighted by Gasteiger charge is 2.22. The molecule has 1 aromatic rings. The summed E-state index contributed by atoms with van der Waals surface area (Å²) in [7, 11) is 0. The van der Waals surface area contributed by atoms with Crippen LogP contribution in [-0.2, 0) is 11.2 Å². The molecule has 2 atom stereocenters. The minimum Gasteiger partial charge on any atom is -0.356 e. The molecule has 1 aliphatic carbocycles. The molecule has 0 saturated heterocycles. The number of unbranched alkanes of at least 4 members (excludes halogenated alkanes) is 2. The van der Waals surface area contributed by atoms with Crippen LogP contribution in [0.15, 0.2) is 54.6 Å². The molecule has 0 aromatic heterocycles. The van der Waals surface area contributed by atoms with Gasteiger partial charge in [0.15, 0.2) is 0 Å². The summed E-state index contributed by atoms with van der Waals surface area (Å²) in [4.78, 5) is 11.4. The van der Waals surface area contributed by atoms with Gasteiger partial charge in [0.05, 0.1) is 0 Å². The van der Waals surface area contributed by atoms with Crippen LogP contribution in [0.25, 0.3) is 0 Å². The van der Waals surface area contributed by atoms with Gasteiger partial charge in [0.1, 0.15) is 0 Å². The summed E-state index contributed by atoms with van der Waals surface area (Å²) >= 11 is 0. The number of allylic oxidation sites excluding steroid dienone is 4. The molecular weight excluding hydrogens is 318 g/mol. The van der Waals surface area contributed by atoms with Gasteiger partial charge in [-0.15, -0.1) is 0 Å². The molecule has 26 heavy (non-hydrogen) atoms. The second kappa shape index (κ2) is 12.5. The summed E-state index contributed by atoms with van der Waals surface area (Å²) in [6.45, 7) is 2.70. The smallest absolute Gasteiger partial charge is 0.219 e. The van der Waals surface area contributed by atoms with Gasteiger partial charge in [0.2, 0.25) is 5.91 Å². The fraction of sp³-hybridized carbons (Fsp3) is 0.542. The van der Waals surface area contributed by atoms with Gasteiger partial charge in [-0.25, -0.2) is 0 Å². The lowest BCUT2D eigenvalue weighted by Crippen LogP contribution is -2.21. The van der Waals surface area contributed by atoms with E-state index in [4.69, 9.17) is 0 Å². The molecule has 1 aliphatic rings. The topological polar surface area (TPSA) is 29.1 Å². The highest BCUT2D eigenvalue weighted by atomic mass is 16.1. The van der Waals surface area contributed by atoms with Gasteiger partial charge in [0, 0.05) is 13.0 Å². The Kier molecular flexibility index (Phi) is 9.86. The maximum Gasteiger partial charge on any atom is 0.219 e. The van der Waals surface area contributed by atoms with E-state index in [1.54, 1.807) is 0 Å². The van der Waals surface area contributed by atoms with Crippen LogP contribution in [0.2, 0.25) is 0 Å². The second-order valence-corrected chi connectivity index (χ2v) is 7.34. The van der Waals surface area contributed by atoms with E-state index >= 15 is 0 Å². The Morgan fingerprint density at radius 2 is 1.69 bits per heavy atom. The van der Waals surface area contributed by atoms with E-state index in [0.717, 1.165) is 19.4 Å². The van der Waals surface area contributed by atoms with Crippen molar-refractivity contribution in [2.75, 3.05) is 6.54 Å². The van der Waals surface area contributed by atoms with Crippen molar-refractivity contribution in [1.29, 1.82) is 0 Å². The van der Waals surface area contributed by atoms with Gasteiger partial charge in [0.25, 0.3) is 0 Å². The predicted octanol–water partition coefficient (Wildman–Crippen LogP) is 5.84. The summed E-state index contributed by atoms with van der Waals surface area (Å²) in [5, 5.41) is 2.86. The number of hydrogen-bond acceptors (Lipinski definition) is 1. The van der Waals surface area contributed by atoms with Crippen molar-refractivity contribution in [3.63, 3.8) is 0 Å². The molecule has 1 saturated carbocycles. The fourth-order valence-corrected chi connectivity index (χ4v) is 3.77. The summed E-state index contributed by atoms with van der Waals surface area (Å²) in [6.07, 6.45) is 19.7. The van der Waals surface area contributed by atoms with Gasteiger partial charge in [-0.3, -0.25) is 4.79 Å². The number of rotatable bonds is 11. The van der Waals surface area contributed by atoms with Crippen LogP contribution < -0.4 is 5.32 Å². The van der Waals surface area contributed by atoms with Gasteiger partial charge in [-0.05, 0) is 69.3 Å². The van der Waals surface area contributed by atoms with Crippen molar-refractivity contribution >= 4 is 5.91 Å². The molecule has 0 radical (unpaired) electrons. The summed E-state index contributed by atoms with van der Waals surface area (Å²) < 4.78 is 0. The first-order chi connectivity index (χ1) is 12.8. The lowest BCUT2D eigenvalue weighted by molar-refractivity contribution is -0.121. The summed E-state index contributed by atoms with van der Waals surface area (Å²) in [5.74, 6) is 1.59. The molecule has 0 spiro atoms. The van der Waals surface area contributed by atoms with Crippen molar-refractivity contribution in [1.82, 2.24) is 5.32 Å². The molecule has 1 aromatic carbocycles. The number of benzene rings is 1. The molecule has 0 heterocycles. The highest BCUT2D eigenvalue weighted by molar-refractivity contribution is 5.75. The standard InChI is InChI=1S/C24H35NO/c1-2-25-24(26)20-11-5-10-17-23-19-12-18-22(23)16-9-4-8-15-21-13-6-3-7-14-21/h3,6-7,9-10,13-14,16-17,22-23H,2,4-5,8,11-12,15,18-20H2,1H3,(H,25,26)/b16-9+,17-10-. The minimum atomic E-state index is 0.179. The van der Waals surface area contributed by atoms with E-state index in [-0.39, 0.29) is 5.91 Å². The molecule has 1 amide bonds. The molecule has 1 fully saturated rings. The van der Waals surface area contributed by atoms with Crippen molar-refractivity contribution in [2.24, 2.45) is 11.8 Å². The third kappa shape index (κ3) is 8.03. The average molecular weight is 354 g/mol. The molecule has 2 nitrogen and oxygen atoms in total. The summed E-state index contributed by atoms with van der Waals surface area (Å²) in [6, 6.07) is 10.8. The van der Waals surface area contributed by atoms with Crippen LogP contribution in [-0.4, -0.2) is 12.5 Å². The number of carbonyl (C=O) groups is 1. The van der Waals surface area contributed by atoms with Gasteiger partial charge in [-0.1, -0.05) is 61.1 Å². The molecule has 2 unspecified atom stereocenters. The normalized spacial score (nSPS) is 20.2. The number of aryl methyl sites for hydroxylation is 1. The van der Waals surface area contributed by atoms with E-state index in [2.05, 4.69) is 60.0 Å². The Bertz CT molecular complexity index is 561. The molecule has 2 rings (SSSR count). The molecule has 0 aliphatic heterocycles. The Morgan fingerprint density at radius 3 is 2.35 bits per heavy atom. The number of nitrogens with one attached hydrogen (secondary N) is 1. The molecular formula is C24H35NO. The molecule has 142 valence electrons. The van der Waals surface area contributed by atoms with Crippen LogP contribution in [0.1, 0.15) is 63.9 Å². The van der Waals surface area contributed by atoms with Crippen LogP contribution in [0, 0.1) is 11.8 Å². The van der Waals surface area contributed by atoms with E-state index in [1.807, 2.05) is 6.92 Å². The minimum absolute atomic E-state index is 0.179. The number of hydrogen-bond donors (Lipinski definition) is 1. The van der Waals surface area contributed by atoms with Crippen LogP contribution in [0.4, 0.5) is 0 Å². The molecule has 1 N–H and O–H groups in total. The number of carbonyl (C=O) groups excluding carboxylic acids is 1. The number of amides is 1. The van der Waals surface area contributed by atoms with Gasteiger partial charge in [-0.2, -0.15) is 0 Å². The van der Waals surface area contributed by atoms with Crippen LogP contribution in [0.5, 0.6) is 0 Å². The third-order valence-corrected chi connectivity index (χ3v) is 5.22. The largest absolute Gasteiger partial charge is 0.356 e.